The first-order valence-electron chi connectivity index (χ1n) is 6.34. The van der Waals surface area contributed by atoms with Crippen molar-refractivity contribution in [3.63, 3.8) is 0 Å². The molecule has 1 aliphatic rings. The number of fused-ring (bicyclic) bond motifs is 1. The zero-order valence-corrected chi connectivity index (χ0v) is 13.8. The molecule has 2 rings (SSSR count). The summed E-state index contributed by atoms with van der Waals surface area (Å²) in [7, 11) is -3.01. The molecule has 0 saturated carbocycles. The third-order valence-electron chi connectivity index (χ3n) is 3.09. The summed E-state index contributed by atoms with van der Waals surface area (Å²) < 4.78 is 22.7. The second kappa shape index (κ2) is 6.25. The molecule has 0 unspecified atom stereocenters. The van der Waals surface area contributed by atoms with Gasteiger partial charge in [-0.05, 0) is 18.2 Å². The maximum Gasteiger partial charge on any atom is 0.261 e. The SMILES string of the molecule is CS(=O)(=O)CCNCCN1C(=O)c2ccc(Br)cc2C1=O. The first-order chi connectivity index (χ1) is 9.79. The van der Waals surface area contributed by atoms with Crippen LogP contribution in [0.25, 0.3) is 0 Å². The number of benzene rings is 1. The highest BCUT2D eigenvalue weighted by molar-refractivity contribution is 9.10. The van der Waals surface area contributed by atoms with Gasteiger partial charge in [-0.25, -0.2) is 8.42 Å². The Bertz CT molecular complexity index is 687. The minimum Gasteiger partial charge on any atom is -0.314 e. The predicted octanol–water partition coefficient (Wildman–Crippen LogP) is 0.679. The van der Waals surface area contributed by atoms with Crippen LogP contribution in [0.2, 0.25) is 0 Å². The lowest BCUT2D eigenvalue weighted by Crippen LogP contribution is -2.37. The maximum atomic E-state index is 12.1. The van der Waals surface area contributed by atoms with Gasteiger partial charge in [0.15, 0.2) is 0 Å². The van der Waals surface area contributed by atoms with Gasteiger partial charge in [-0.15, -0.1) is 0 Å². The molecule has 0 aromatic heterocycles. The Hall–Kier alpha value is -1.25. The van der Waals surface area contributed by atoms with Crippen molar-refractivity contribution in [3.8, 4) is 0 Å². The molecule has 21 heavy (non-hydrogen) atoms. The van der Waals surface area contributed by atoms with Crippen LogP contribution in [0.4, 0.5) is 0 Å². The lowest BCUT2D eigenvalue weighted by molar-refractivity contribution is 0.0656. The summed E-state index contributed by atoms with van der Waals surface area (Å²) in [6.45, 7) is 0.878. The lowest BCUT2D eigenvalue weighted by atomic mass is 10.1. The van der Waals surface area contributed by atoms with Crippen LogP contribution in [0.5, 0.6) is 0 Å². The number of sulfone groups is 1. The molecule has 0 saturated heterocycles. The van der Waals surface area contributed by atoms with Gasteiger partial charge in [0.1, 0.15) is 9.84 Å². The minimum atomic E-state index is -3.01. The highest BCUT2D eigenvalue weighted by Gasteiger charge is 2.34. The Morgan fingerprint density at radius 3 is 2.48 bits per heavy atom. The Morgan fingerprint density at radius 1 is 1.14 bits per heavy atom. The molecule has 2 amide bonds. The molecule has 114 valence electrons. The summed E-state index contributed by atoms with van der Waals surface area (Å²) in [6, 6.07) is 4.97. The molecule has 0 atom stereocenters. The van der Waals surface area contributed by atoms with Gasteiger partial charge in [0.05, 0.1) is 16.9 Å². The van der Waals surface area contributed by atoms with Crippen LogP contribution in [0.15, 0.2) is 22.7 Å². The second-order valence-corrected chi connectivity index (χ2v) is 8.01. The molecular weight excluding hydrogens is 360 g/mol. The van der Waals surface area contributed by atoms with E-state index in [9.17, 15) is 18.0 Å². The fourth-order valence-electron chi connectivity index (χ4n) is 2.04. The molecule has 0 aliphatic carbocycles. The average molecular weight is 375 g/mol. The van der Waals surface area contributed by atoms with Crippen LogP contribution < -0.4 is 5.32 Å². The number of imide groups is 1. The van der Waals surface area contributed by atoms with E-state index in [0.29, 0.717) is 24.2 Å². The zero-order chi connectivity index (χ0) is 15.6. The normalized spacial score (nSPS) is 14.7. The number of carbonyl (C=O) groups is 2. The van der Waals surface area contributed by atoms with Gasteiger partial charge in [-0.3, -0.25) is 14.5 Å². The monoisotopic (exact) mass is 374 g/mol. The Labute approximate surface area is 131 Å². The lowest BCUT2D eigenvalue weighted by Gasteiger charge is -2.13. The van der Waals surface area contributed by atoms with E-state index in [1.54, 1.807) is 18.2 Å². The van der Waals surface area contributed by atoms with Crippen molar-refractivity contribution in [2.75, 3.05) is 31.6 Å². The maximum absolute atomic E-state index is 12.1. The van der Waals surface area contributed by atoms with Crippen LogP contribution in [-0.2, 0) is 9.84 Å². The minimum absolute atomic E-state index is 0.0298. The highest BCUT2D eigenvalue weighted by atomic mass is 79.9. The van der Waals surface area contributed by atoms with Gasteiger partial charge in [-0.1, -0.05) is 15.9 Å². The molecule has 0 bridgehead atoms. The first-order valence-corrected chi connectivity index (χ1v) is 9.19. The van der Waals surface area contributed by atoms with Gasteiger partial charge >= 0.3 is 0 Å². The van der Waals surface area contributed by atoms with Gasteiger partial charge < -0.3 is 5.32 Å². The Kier molecular flexibility index (Phi) is 4.80. The molecule has 1 N–H and O–H groups in total. The molecule has 0 fully saturated rings. The van der Waals surface area contributed by atoms with E-state index >= 15 is 0 Å². The van der Waals surface area contributed by atoms with Crippen molar-refractivity contribution in [3.05, 3.63) is 33.8 Å². The number of nitrogens with one attached hydrogen (secondary N) is 1. The molecule has 6 nitrogen and oxygen atoms in total. The number of rotatable bonds is 6. The first kappa shape index (κ1) is 16.1. The second-order valence-electron chi connectivity index (χ2n) is 4.83. The smallest absolute Gasteiger partial charge is 0.261 e. The van der Waals surface area contributed by atoms with Crippen molar-refractivity contribution in [1.29, 1.82) is 0 Å². The quantitative estimate of drug-likeness (QED) is 0.584. The summed E-state index contributed by atoms with van der Waals surface area (Å²) in [4.78, 5) is 25.4. The predicted molar refractivity (Wildman–Crippen MR) is 82.1 cm³/mol. The van der Waals surface area contributed by atoms with E-state index < -0.39 is 9.84 Å². The molecule has 1 aromatic rings. The third-order valence-corrected chi connectivity index (χ3v) is 4.53. The number of hydrogen-bond donors (Lipinski definition) is 1. The van der Waals surface area contributed by atoms with Crippen LogP contribution in [0.3, 0.4) is 0 Å². The van der Waals surface area contributed by atoms with E-state index in [-0.39, 0.29) is 24.1 Å². The summed E-state index contributed by atoms with van der Waals surface area (Å²) in [5.74, 6) is -0.601. The summed E-state index contributed by atoms with van der Waals surface area (Å²) in [6.07, 6.45) is 1.16. The van der Waals surface area contributed by atoms with E-state index in [4.69, 9.17) is 0 Å². The fourth-order valence-corrected chi connectivity index (χ4v) is 2.92. The summed E-state index contributed by atoms with van der Waals surface area (Å²) >= 11 is 3.27. The topological polar surface area (TPSA) is 83.6 Å². The summed E-state index contributed by atoms with van der Waals surface area (Å²) in [5.41, 5.74) is 0.796. The van der Waals surface area contributed by atoms with Crippen molar-refractivity contribution in [2.45, 2.75) is 0 Å². The average Bonchev–Trinajstić information content (AvgIpc) is 2.61. The van der Waals surface area contributed by atoms with Gasteiger partial charge in [-0.2, -0.15) is 0 Å². The Morgan fingerprint density at radius 2 is 1.81 bits per heavy atom. The van der Waals surface area contributed by atoms with Crippen molar-refractivity contribution < 1.29 is 18.0 Å². The van der Waals surface area contributed by atoms with E-state index in [1.165, 1.54) is 4.90 Å². The summed E-state index contributed by atoms with van der Waals surface area (Å²) in [5, 5.41) is 2.91. The number of halogens is 1. The number of hydrogen-bond acceptors (Lipinski definition) is 5. The van der Waals surface area contributed by atoms with E-state index in [0.717, 1.165) is 10.7 Å². The number of carbonyl (C=O) groups excluding carboxylic acids is 2. The molecule has 1 aromatic carbocycles. The van der Waals surface area contributed by atoms with E-state index in [1.807, 2.05) is 0 Å². The molecule has 1 heterocycles. The van der Waals surface area contributed by atoms with Crippen LogP contribution >= 0.6 is 15.9 Å². The van der Waals surface area contributed by atoms with Gasteiger partial charge in [0, 0.05) is 30.4 Å². The van der Waals surface area contributed by atoms with Crippen molar-refractivity contribution >= 4 is 37.6 Å². The molecule has 0 radical (unpaired) electrons. The third kappa shape index (κ3) is 3.90. The molecule has 1 aliphatic heterocycles. The van der Waals surface area contributed by atoms with Crippen LogP contribution in [0.1, 0.15) is 20.7 Å². The number of nitrogens with zero attached hydrogens (tertiary/aromatic N) is 1. The zero-order valence-electron chi connectivity index (χ0n) is 11.4. The molecule has 8 heteroatoms. The standard InChI is InChI=1S/C13H15BrN2O4S/c1-21(19,20)7-5-15-4-6-16-12(17)10-3-2-9(14)8-11(10)13(16)18/h2-3,8,15H,4-7H2,1H3. The largest absolute Gasteiger partial charge is 0.314 e. The van der Waals surface area contributed by atoms with Crippen molar-refractivity contribution in [2.24, 2.45) is 0 Å². The van der Waals surface area contributed by atoms with Crippen LogP contribution in [-0.4, -0.2) is 56.8 Å². The van der Waals surface area contributed by atoms with Gasteiger partial charge in [0.25, 0.3) is 11.8 Å². The molecular formula is C13H15BrN2O4S. The highest BCUT2D eigenvalue weighted by Crippen LogP contribution is 2.25. The Balaban J connectivity index is 1.92. The number of amides is 2. The fraction of sp³-hybridized carbons (Fsp3) is 0.385. The van der Waals surface area contributed by atoms with Crippen LogP contribution in [0, 0.1) is 0 Å². The van der Waals surface area contributed by atoms with E-state index in [2.05, 4.69) is 21.2 Å². The molecule has 0 spiro atoms. The van der Waals surface area contributed by atoms with Crippen molar-refractivity contribution in [1.82, 2.24) is 10.2 Å². The van der Waals surface area contributed by atoms with Gasteiger partial charge in [0.2, 0.25) is 0 Å².